The van der Waals surface area contributed by atoms with Gasteiger partial charge in [-0.2, -0.15) is 74.6 Å². The van der Waals surface area contributed by atoms with E-state index in [4.69, 9.17) is 5.11 Å². The first-order valence-electron chi connectivity index (χ1n) is 5.44. The molecular weight excluding hydrogens is 447 g/mol. The second kappa shape index (κ2) is 6.18. The summed E-state index contributed by atoms with van der Waals surface area (Å²) in [6.07, 6.45) is -7.77. The molecule has 0 rings (SSSR count). The van der Waals surface area contributed by atoms with Gasteiger partial charge in [0.1, 0.15) is 0 Å². The normalized spacial score (nSPS) is 17.1. The molecule has 0 unspecified atom stereocenters. The summed E-state index contributed by atoms with van der Waals surface area (Å²) in [7, 11) is 0. The Hall–Kier alpha value is -1.65. The smallest absolute Gasteiger partial charge is 0.460 e. The van der Waals surface area contributed by atoms with Crippen LogP contribution in [0.2, 0.25) is 0 Å². The summed E-state index contributed by atoms with van der Waals surface area (Å²) in [5.74, 6) is -54.3. The number of hydrogen-bond acceptors (Lipinski definition) is 1. The Morgan fingerprint density at radius 3 is 0.963 bits per heavy atom. The molecule has 0 aromatic rings. The van der Waals surface area contributed by atoms with Crippen molar-refractivity contribution < 1.29 is 79.7 Å². The van der Waals surface area contributed by atoms with Crippen molar-refractivity contribution in [2.75, 3.05) is 0 Å². The van der Waals surface area contributed by atoms with Crippen LogP contribution in [0.25, 0.3) is 0 Å². The number of rotatable bonds is 6. The van der Waals surface area contributed by atoms with Gasteiger partial charge in [-0.05, 0) is 0 Å². The highest BCUT2D eigenvalue weighted by atomic mass is 19.4. The zero-order valence-electron chi connectivity index (χ0n) is 11.4. The summed E-state index contributed by atoms with van der Waals surface area (Å²) in [5, 5.41) is 7.56. The number of allylic oxidation sites excluding steroid dienone is 1. The van der Waals surface area contributed by atoms with Crippen LogP contribution < -0.4 is 0 Å². The van der Waals surface area contributed by atoms with Crippen LogP contribution in [-0.4, -0.2) is 46.8 Å². The fourth-order valence-corrected chi connectivity index (χ4v) is 1.23. The molecule has 0 fully saturated rings. The Balaban J connectivity index is 6.70. The van der Waals surface area contributed by atoms with Gasteiger partial charge in [-0.15, -0.1) is 0 Å². The lowest BCUT2D eigenvalue weighted by molar-refractivity contribution is -0.451. The molecule has 0 amide bonds. The van der Waals surface area contributed by atoms with E-state index in [2.05, 4.69) is 0 Å². The van der Waals surface area contributed by atoms with Gasteiger partial charge >= 0.3 is 47.7 Å². The van der Waals surface area contributed by atoms with Gasteiger partial charge in [0.05, 0.1) is 0 Å². The molecule has 0 bridgehead atoms. The first-order chi connectivity index (χ1) is 11.4. The number of aliphatic hydroxyl groups is 1. The third kappa shape index (κ3) is 3.13. The van der Waals surface area contributed by atoms with Gasteiger partial charge in [-0.1, -0.05) is 0 Å². The minimum absolute atomic E-state index is 4.04. The Morgan fingerprint density at radius 2 is 0.704 bits per heavy atom. The predicted octanol–water partition coefficient (Wildman–Crippen LogP) is 6.03. The minimum atomic E-state index is -8.61. The molecular formula is C9HF17O. The van der Waals surface area contributed by atoms with E-state index >= 15 is 0 Å². The lowest BCUT2D eigenvalue weighted by Crippen LogP contribution is -2.72. The maximum atomic E-state index is 13.0. The fourth-order valence-electron chi connectivity index (χ4n) is 1.23. The Bertz CT molecular complexity index is 592. The zero-order chi connectivity index (χ0) is 22.7. The SMILES string of the molecule is OC(F)=C(F)C(F)(F)C(F)(F)C(F)(F)C(F)(F)C(F)(F)C(F)(F)C(F)(F)F. The van der Waals surface area contributed by atoms with Crippen molar-refractivity contribution in [2.24, 2.45) is 0 Å². The number of alkyl halides is 15. The molecule has 0 saturated heterocycles. The molecule has 27 heavy (non-hydrogen) atoms. The summed E-state index contributed by atoms with van der Waals surface area (Å²) in [4.78, 5) is 0. The quantitative estimate of drug-likeness (QED) is 0.389. The average Bonchev–Trinajstić information content (AvgIpc) is 2.43. The van der Waals surface area contributed by atoms with E-state index in [1.807, 2.05) is 0 Å². The molecule has 0 aromatic heterocycles. The van der Waals surface area contributed by atoms with Crippen LogP contribution in [0.1, 0.15) is 0 Å². The molecule has 0 radical (unpaired) electrons. The molecule has 0 saturated carbocycles. The van der Waals surface area contributed by atoms with Gasteiger partial charge in [-0.25, -0.2) is 0 Å². The Morgan fingerprint density at radius 1 is 0.444 bits per heavy atom. The van der Waals surface area contributed by atoms with Gasteiger partial charge in [0.2, 0.25) is 5.83 Å². The maximum Gasteiger partial charge on any atom is 0.460 e. The minimum Gasteiger partial charge on any atom is -0.484 e. The molecule has 0 heterocycles. The van der Waals surface area contributed by atoms with E-state index < -0.39 is 53.6 Å². The average molecular weight is 448 g/mol. The van der Waals surface area contributed by atoms with Crippen LogP contribution in [-0.2, 0) is 0 Å². The van der Waals surface area contributed by atoms with E-state index in [1.165, 1.54) is 0 Å². The molecule has 18 heteroatoms. The molecule has 0 aliphatic rings. The Labute approximate surface area is 135 Å². The number of halogens is 17. The maximum absolute atomic E-state index is 13.0. The highest BCUT2D eigenvalue weighted by molar-refractivity contribution is 5.19. The molecule has 0 aliphatic carbocycles. The van der Waals surface area contributed by atoms with Crippen LogP contribution in [0.3, 0.4) is 0 Å². The molecule has 162 valence electrons. The first-order valence-corrected chi connectivity index (χ1v) is 5.44. The van der Waals surface area contributed by atoms with E-state index in [0.717, 1.165) is 0 Å². The molecule has 0 spiro atoms. The van der Waals surface area contributed by atoms with Crippen molar-refractivity contribution in [1.29, 1.82) is 0 Å². The second-order valence-electron chi connectivity index (χ2n) is 4.55. The van der Waals surface area contributed by atoms with E-state index in [9.17, 15) is 74.6 Å². The standard InChI is InChI=1S/C9HF17O/c10-1(2(11)27)3(12,13)4(14,15)5(16,17)6(18,19)7(20,21)8(22,23)9(24,25)26/h27H. The monoisotopic (exact) mass is 448 g/mol. The number of aliphatic hydroxyl groups excluding tert-OH is 1. The van der Waals surface area contributed by atoms with Crippen LogP contribution >= 0.6 is 0 Å². The van der Waals surface area contributed by atoms with Gasteiger partial charge in [-0.3, -0.25) is 0 Å². The Kier molecular flexibility index (Phi) is 5.80. The van der Waals surface area contributed by atoms with Gasteiger partial charge in [0, 0.05) is 0 Å². The second-order valence-corrected chi connectivity index (χ2v) is 4.55. The van der Waals surface area contributed by atoms with E-state index in [1.54, 1.807) is 0 Å². The first kappa shape index (κ1) is 25.3. The van der Waals surface area contributed by atoms with Crippen molar-refractivity contribution >= 4 is 0 Å². The third-order valence-corrected chi connectivity index (χ3v) is 2.78. The largest absolute Gasteiger partial charge is 0.484 e. The molecule has 1 nitrogen and oxygen atoms in total. The highest BCUT2D eigenvalue weighted by Gasteiger charge is 2.93. The summed E-state index contributed by atoms with van der Waals surface area (Å²) in [6, 6.07) is -4.04. The van der Waals surface area contributed by atoms with Gasteiger partial charge in [0.25, 0.3) is 0 Å². The van der Waals surface area contributed by atoms with Gasteiger partial charge in [0.15, 0.2) is 0 Å². The topological polar surface area (TPSA) is 20.2 Å². The molecule has 1 N–H and O–H groups in total. The summed E-state index contributed by atoms with van der Waals surface area (Å²) in [5.41, 5.74) is 0. The molecule has 0 aliphatic heterocycles. The lowest BCUT2D eigenvalue weighted by Gasteiger charge is -2.41. The van der Waals surface area contributed by atoms with Crippen molar-refractivity contribution in [3.63, 3.8) is 0 Å². The molecule has 0 atom stereocenters. The van der Waals surface area contributed by atoms with Crippen LogP contribution in [0.15, 0.2) is 11.8 Å². The summed E-state index contributed by atoms with van der Waals surface area (Å²) < 4.78 is 213. The van der Waals surface area contributed by atoms with Crippen LogP contribution in [0, 0.1) is 0 Å². The lowest BCUT2D eigenvalue weighted by atomic mass is 9.91. The van der Waals surface area contributed by atoms with Crippen molar-refractivity contribution in [3.05, 3.63) is 11.8 Å². The van der Waals surface area contributed by atoms with Crippen LogP contribution in [0.5, 0.6) is 0 Å². The predicted molar refractivity (Wildman–Crippen MR) is 47.6 cm³/mol. The van der Waals surface area contributed by atoms with Crippen molar-refractivity contribution in [1.82, 2.24) is 0 Å². The fraction of sp³-hybridized carbons (Fsp3) is 0.778. The van der Waals surface area contributed by atoms with E-state index in [-0.39, 0.29) is 0 Å². The van der Waals surface area contributed by atoms with Crippen LogP contribution in [0.4, 0.5) is 74.6 Å². The summed E-state index contributed by atoms with van der Waals surface area (Å²) in [6.45, 7) is 0. The summed E-state index contributed by atoms with van der Waals surface area (Å²) >= 11 is 0. The third-order valence-electron chi connectivity index (χ3n) is 2.78. The van der Waals surface area contributed by atoms with Gasteiger partial charge < -0.3 is 5.11 Å². The van der Waals surface area contributed by atoms with E-state index in [0.29, 0.717) is 0 Å². The highest BCUT2D eigenvalue weighted by Crippen LogP contribution is 2.63. The zero-order valence-corrected chi connectivity index (χ0v) is 11.4. The number of hydrogen-bond donors (Lipinski definition) is 1. The molecule has 0 aromatic carbocycles. The van der Waals surface area contributed by atoms with Crippen molar-refractivity contribution in [2.45, 2.75) is 41.7 Å². The van der Waals surface area contributed by atoms with Crippen molar-refractivity contribution in [3.8, 4) is 0 Å².